The van der Waals surface area contributed by atoms with Crippen molar-refractivity contribution in [3.63, 3.8) is 0 Å². The molecule has 5 aromatic rings. The summed E-state index contributed by atoms with van der Waals surface area (Å²) in [4.78, 5) is 37.6. The Labute approximate surface area is 264 Å². The lowest BCUT2D eigenvalue weighted by Crippen LogP contribution is -2.21. The lowest BCUT2D eigenvalue weighted by atomic mass is 10.2. The van der Waals surface area contributed by atoms with Crippen molar-refractivity contribution in [2.75, 3.05) is 31.9 Å². The van der Waals surface area contributed by atoms with Gasteiger partial charge in [-0.25, -0.2) is 14.4 Å². The third-order valence-electron chi connectivity index (χ3n) is 6.10. The smallest absolute Gasteiger partial charge is 0.339 e. The van der Waals surface area contributed by atoms with Crippen molar-refractivity contribution >= 4 is 62.3 Å². The number of rotatable bonds is 9. The lowest BCUT2D eigenvalue weighted by molar-refractivity contribution is 0.261. The first-order chi connectivity index (χ1) is 22.2. The standard InChI is InChI=1S/C33H28N6O6S/c40-31(34-23-11-4-1-5-12-23)37-26-17-10-18-30(22-26)46(43,44)45-29-20-27(38-32(41)35-24-13-6-2-7-14-24)19-28(21-29)39-33(42)36-25-15-8-3-9-16-25/h1-22H,(H2,34,37,40)(H2,35,38,41)(H2,36,39,42). The number of carbonyl (C=O) groups is 3. The summed E-state index contributed by atoms with van der Waals surface area (Å²) < 4.78 is 32.1. The van der Waals surface area contributed by atoms with Gasteiger partial charge in [-0.1, -0.05) is 60.7 Å². The van der Waals surface area contributed by atoms with Crippen LogP contribution in [0.25, 0.3) is 0 Å². The van der Waals surface area contributed by atoms with Crippen LogP contribution in [0.15, 0.2) is 138 Å². The van der Waals surface area contributed by atoms with Crippen molar-refractivity contribution in [1.29, 1.82) is 0 Å². The molecule has 0 atom stereocenters. The maximum absolute atomic E-state index is 13.3. The van der Waals surface area contributed by atoms with Crippen molar-refractivity contribution < 1.29 is 27.0 Å². The second kappa shape index (κ2) is 14.4. The fourth-order valence-corrected chi connectivity index (χ4v) is 5.10. The highest BCUT2D eigenvalue weighted by Crippen LogP contribution is 2.28. The van der Waals surface area contributed by atoms with E-state index in [1.54, 1.807) is 91.0 Å². The predicted octanol–water partition coefficient (Wildman–Crippen LogP) is 7.39. The van der Waals surface area contributed by atoms with Gasteiger partial charge in [-0.2, -0.15) is 8.42 Å². The minimum absolute atomic E-state index is 0.129. The van der Waals surface area contributed by atoms with Crippen LogP contribution in [0.1, 0.15) is 0 Å². The van der Waals surface area contributed by atoms with Gasteiger partial charge in [0.25, 0.3) is 0 Å². The topological polar surface area (TPSA) is 167 Å². The number of anilines is 6. The molecule has 13 heteroatoms. The van der Waals surface area contributed by atoms with Crippen molar-refractivity contribution in [2.45, 2.75) is 4.90 Å². The van der Waals surface area contributed by atoms with Gasteiger partial charge in [0.15, 0.2) is 0 Å². The molecule has 232 valence electrons. The Bertz CT molecular complexity index is 1870. The van der Waals surface area contributed by atoms with Gasteiger partial charge in [-0.15, -0.1) is 0 Å². The zero-order chi connectivity index (χ0) is 32.4. The minimum Gasteiger partial charge on any atom is -0.379 e. The summed E-state index contributed by atoms with van der Waals surface area (Å²) in [5.74, 6) is -0.201. The summed E-state index contributed by atoms with van der Waals surface area (Å²) >= 11 is 0. The third kappa shape index (κ3) is 9.08. The van der Waals surface area contributed by atoms with Crippen LogP contribution in [0.4, 0.5) is 48.5 Å². The molecule has 0 fully saturated rings. The summed E-state index contributed by atoms with van der Waals surface area (Å²) in [6.45, 7) is 0. The molecule has 5 rings (SSSR count). The van der Waals surface area contributed by atoms with E-state index in [0.717, 1.165) is 0 Å². The van der Waals surface area contributed by atoms with Gasteiger partial charge in [-0.05, 0) is 60.7 Å². The second-order valence-corrected chi connectivity index (χ2v) is 11.2. The average molecular weight is 637 g/mol. The number of urea groups is 3. The van der Waals surface area contributed by atoms with Crippen LogP contribution in [0.2, 0.25) is 0 Å². The van der Waals surface area contributed by atoms with Crippen molar-refractivity contribution in [2.24, 2.45) is 0 Å². The zero-order valence-corrected chi connectivity index (χ0v) is 24.9. The number of para-hydroxylation sites is 3. The van der Waals surface area contributed by atoms with Gasteiger partial charge in [0, 0.05) is 46.3 Å². The van der Waals surface area contributed by atoms with E-state index in [0.29, 0.717) is 17.1 Å². The Morgan fingerprint density at radius 1 is 0.413 bits per heavy atom. The number of amides is 6. The summed E-state index contributed by atoms with van der Waals surface area (Å²) in [7, 11) is -4.45. The molecule has 0 radical (unpaired) electrons. The molecule has 5 aromatic carbocycles. The van der Waals surface area contributed by atoms with Gasteiger partial charge in [0.1, 0.15) is 10.6 Å². The first-order valence-corrected chi connectivity index (χ1v) is 15.2. The van der Waals surface area contributed by atoms with Crippen LogP contribution in [-0.2, 0) is 10.1 Å². The number of hydrogen-bond donors (Lipinski definition) is 6. The Hall–Kier alpha value is -6.34. The molecule has 46 heavy (non-hydrogen) atoms. The van der Waals surface area contributed by atoms with E-state index in [2.05, 4.69) is 31.9 Å². The molecule has 0 bridgehead atoms. The number of benzene rings is 5. The average Bonchev–Trinajstić information content (AvgIpc) is 3.02. The molecular weight excluding hydrogens is 608 g/mol. The van der Waals surface area contributed by atoms with Gasteiger partial charge in [0.2, 0.25) is 0 Å². The summed E-state index contributed by atoms with van der Waals surface area (Å²) in [6, 6.07) is 33.9. The van der Waals surface area contributed by atoms with E-state index >= 15 is 0 Å². The van der Waals surface area contributed by atoms with Crippen molar-refractivity contribution in [3.8, 4) is 5.75 Å². The molecule has 0 heterocycles. The Balaban J connectivity index is 1.34. The predicted molar refractivity (Wildman–Crippen MR) is 178 cm³/mol. The fourth-order valence-electron chi connectivity index (χ4n) is 4.14. The Morgan fingerprint density at radius 3 is 1.22 bits per heavy atom. The number of carbonyl (C=O) groups excluding carboxylic acids is 3. The van der Waals surface area contributed by atoms with E-state index in [-0.39, 0.29) is 27.7 Å². The molecular formula is C33H28N6O6S. The normalized spacial score (nSPS) is 10.6. The summed E-state index contributed by atoms with van der Waals surface area (Å²) in [5, 5.41) is 15.8. The first-order valence-electron chi connectivity index (χ1n) is 13.8. The van der Waals surface area contributed by atoms with Gasteiger partial charge in [0.05, 0.1) is 0 Å². The van der Waals surface area contributed by atoms with E-state index in [9.17, 15) is 22.8 Å². The van der Waals surface area contributed by atoms with Crippen molar-refractivity contribution in [3.05, 3.63) is 133 Å². The van der Waals surface area contributed by atoms with Gasteiger partial charge >= 0.3 is 28.2 Å². The highest BCUT2D eigenvalue weighted by Gasteiger charge is 2.19. The highest BCUT2D eigenvalue weighted by atomic mass is 32.2. The molecule has 0 aliphatic carbocycles. The molecule has 6 N–H and O–H groups in total. The second-order valence-electron chi connectivity index (χ2n) is 9.65. The quantitative estimate of drug-likeness (QED) is 0.0923. The summed E-state index contributed by atoms with van der Waals surface area (Å²) in [5.41, 5.74) is 2.07. The highest BCUT2D eigenvalue weighted by molar-refractivity contribution is 7.87. The van der Waals surface area contributed by atoms with Gasteiger partial charge < -0.3 is 36.1 Å². The van der Waals surface area contributed by atoms with E-state index in [1.165, 1.54) is 42.5 Å². The largest absolute Gasteiger partial charge is 0.379 e. The molecule has 0 unspecified atom stereocenters. The molecule has 0 aliphatic heterocycles. The molecule has 6 amide bonds. The summed E-state index contributed by atoms with van der Waals surface area (Å²) in [6.07, 6.45) is 0. The maximum Gasteiger partial charge on any atom is 0.339 e. The molecule has 0 aliphatic rings. The van der Waals surface area contributed by atoms with E-state index in [4.69, 9.17) is 4.18 Å². The zero-order valence-electron chi connectivity index (χ0n) is 24.1. The van der Waals surface area contributed by atoms with Crippen LogP contribution < -0.4 is 36.1 Å². The number of hydrogen-bond acceptors (Lipinski definition) is 6. The molecule has 0 saturated heterocycles. The molecule has 0 saturated carbocycles. The van der Waals surface area contributed by atoms with Crippen LogP contribution in [-0.4, -0.2) is 26.5 Å². The molecule has 0 aromatic heterocycles. The van der Waals surface area contributed by atoms with Gasteiger partial charge in [-0.3, -0.25) is 0 Å². The Morgan fingerprint density at radius 2 is 0.783 bits per heavy atom. The van der Waals surface area contributed by atoms with Crippen LogP contribution >= 0.6 is 0 Å². The Kier molecular flexibility index (Phi) is 9.75. The maximum atomic E-state index is 13.3. The van der Waals surface area contributed by atoms with E-state index < -0.39 is 28.2 Å². The van der Waals surface area contributed by atoms with Crippen LogP contribution in [0, 0.1) is 0 Å². The number of nitrogens with one attached hydrogen (secondary N) is 6. The lowest BCUT2D eigenvalue weighted by Gasteiger charge is -2.14. The van der Waals surface area contributed by atoms with Crippen LogP contribution in [0.5, 0.6) is 5.75 Å². The van der Waals surface area contributed by atoms with Crippen LogP contribution in [0.3, 0.4) is 0 Å². The monoisotopic (exact) mass is 636 g/mol. The van der Waals surface area contributed by atoms with Crippen molar-refractivity contribution in [1.82, 2.24) is 0 Å². The fraction of sp³-hybridized carbons (Fsp3) is 0. The van der Waals surface area contributed by atoms with E-state index in [1.807, 2.05) is 0 Å². The SMILES string of the molecule is O=C(Nc1ccccc1)Nc1cc(NC(=O)Nc2ccccc2)cc(OS(=O)(=O)c2cccc(NC(=O)Nc3ccccc3)c2)c1. The molecule has 0 spiro atoms. The third-order valence-corrected chi connectivity index (χ3v) is 7.35. The first kappa shape index (κ1) is 31.1. The minimum atomic E-state index is -4.45. The molecule has 12 nitrogen and oxygen atoms in total.